The van der Waals surface area contributed by atoms with Gasteiger partial charge in [-0.05, 0) is 43.5 Å². The van der Waals surface area contributed by atoms with Crippen molar-refractivity contribution in [3.8, 4) is 0 Å². The molecule has 0 spiro atoms. The van der Waals surface area contributed by atoms with E-state index in [1.807, 2.05) is 0 Å². The van der Waals surface area contributed by atoms with E-state index in [2.05, 4.69) is 81.4 Å². The van der Waals surface area contributed by atoms with Crippen molar-refractivity contribution in [2.24, 2.45) is 10.4 Å². The molecule has 0 saturated carbocycles. The van der Waals surface area contributed by atoms with E-state index in [1.54, 1.807) is 0 Å². The van der Waals surface area contributed by atoms with E-state index < -0.39 is 0 Å². The molecule has 23 heavy (non-hydrogen) atoms. The van der Waals surface area contributed by atoms with Crippen molar-refractivity contribution in [2.75, 3.05) is 0 Å². The van der Waals surface area contributed by atoms with Gasteiger partial charge in [-0.2, -0.15) is 0 Å². The summed E-state index contributed by atoms with van der Waals surface area (Å²) in [6, 6.07) is 19.2. The highest BCUT2D eigenvalue weighted by atomic mass is 14.8. The highest BCUT2D eigenvalue weighted by molar-refractivity contribution is 5.82. The topological polar surface area (TPSA) is 12.4 Å². The van der Waals surface area contributed by atoms with Crippen molar-refractivity contribution in [1.82, 2.24) is 0 Å². The van der Waals surface area contributed by atoms with Gasteiger partial charge in [0.05, 0.1) is 11.1 Å². The van der Waals surface area contributed by atoms with Crippen LogP contribution in [0.3, 0.4) is 0 Å². The van der Waals surface area contributed by atoms with Crippen LogP contribution in [0.1, 0.15) is 26.3 Å². The van der Waals surface area contributed by atoms with Crippen molar-refractivity contribution >= 4 is 5.57 Å². The molecule has 1 atom stereocenters. The molecular weight excluding hydrogens is 278 g/mol. The average molecular weight is 299 g/mol. The minimum atomic E-state index is 0.0236. The lowest BCUT2D eigenvalue weighted by Gasteiger charge is -2.34. The van der Waals surface area contributed by atoms with Crippen LogP contribution in [0.15, 0.2) is 82.5 Å². The molecule has 1 heterocycles. The number of para-hydroxylation sites is 1. The van der Waals surface area contributed by atoms with Crippen molar-refractivity contribution in [2.45, 2.75) is 27.2 Å². The average Bonchev–Trinajstić information content (AvgIpc) is 2.91. The van der Waals surface area contributed by atoms with Gasteiger partial charge in [0.2, 0.25) is 0 Å². The zero-order chi connectivity index (χ0) is 16.0. The Morgan fingerprint density at radius 2 is 1.61 bits per heavy atom. The third-order valence-corrected chi connectivity index (χ3v) is 5.33. The van der Waals surface area contributed by atoms with Gasteiger partial charge in [0.25, 0.3) is 0 Å². The van der Waals surface area contributed by atoms with E-state index in [0.29, 0.717) is 0 Å². The number of fused-ring (bicyclic) bond motifs is 2. The molecule has 1 nitrogen and oxygen atoms in total. The summed E-state index contributed by atoms with van der Waals surface area (Å²) in [6.07, 6.45) is 3.39. The third-order valence-electron chi connectivity index (χ3n) is 5.33. The first kappa shape index (κ1) is 14.2. The molecule has 1 aliphatic carbocycles. The quantitative estimate of drug-likeness (QED) is 0.796. The molecule has 0 radical (unpaired) electrons. The first-order valence-corrected chi connectivity index (χ1v) is 8.22. The van der Waals surface area contributed by atoms with Gasteiger partial charge < -0.3 is 0 Å². The second-order valence-electron chi connectivity index (χ2n) is 6.86. The second kappa shape index (κ2) is 5.06. The van der Waals surface area contributed by atoms with Gasteiger partial charge in [0, 0.05) is 16.2 Å². The Morgan fingerprint density at radius 3 is 2.39 bits per heavy atom. The Morgan fingerprint density at radius 1 is 0.913 bits per heavy atom. The molecule has 1 unspecified atom stereocenters. The Bertz CT molecular complexity index is 961. The first-order valence-electron chi connectivity index (χ1n) is 8.22. The van der Waals surface area contributed by atoms with Crippen molar-refractivity contribution in [1.29, 1.82) is 0 Å². The normalized spacial score (nSPS) is 22.4. The summed E-state index contributed by atoms with van der Waals surface area (Å²) in [7, 11) is 0. The molecule has 0 saturated heterocycles. The van der Waals surface area contributed by atoms with Crippen LogP contribution in [0.4, 0.5) is 0 Å². The molecule has 0 fully saturated rings. The highest BCUT2D eigenvalue weighted by Crippen LogP contribution is 2.44. The zero-order valence-electron chi connectivity index (χ0n) is 13.9. The standard InChI is InChI=1S/C22H21N/c1-15-16(2)22(3,13-17-9-5-4-6-10-17)14-20-21(15)18-11-7-8-12-19(18)23-20/h4-12,14H,13H2,1-3H3. The molecule has 0 amide bonds. The molecule has 0 bridgehead atoms. The van der Waals surface area contributed by atoms with Gasteiger partial charge in [0.1, 0.15) is 0 Å². The minimum absolute atomic E-state index is 0.0236. The monoisotopic (exact) mass is 299 g/mol. The number of allylic oxidation sites excluding steroid dienone is 3. The van der Waals surface area contributed by atoms with Crippen LogP contribution in [0.2, 0.25) is 0 Å². The molecule has 1 aliphatic heterocycles. The van der Waals surface area contributed by atoms with Gasteiger partial charge in [-0.3, -0.25) is 0 Å². The van der Waals surface area contributed by atoms with E-state index in [4.69, 9.17) is 4.99 Å². The molecule has 2 aromatic carbocycles. The fraction of sp³-hybridized carbons (Fsp3) is 0.227. The van der Waals surface area contributed by atoms with E-state index in [-0.39, 0.29) is 5.41 Å². The maximum atomic E-state index is 4.89. The number of benzene rings is 2. The maximum absolute atomic E-state index is 4.89. The Labute approximate surface area is 137 Å². The van der Waals surface area contributed by atoms with Gasteiger partial charge >= 0.3 is 0 Å². The van der Waals surface area contributed by atoms with Crippen LogP contribution < -0.4 is 10.6 Å². The summed E-state index contributed by atoms with van der Waals surface area (Å²) in [6.45, 7) is 6.86. The Hall–Kier alpha value is -2.41. The van der Waals surface area contributed by atoms with Gasteiger partial charge in [-0.25, -0.2) is 4.99 Å². The maximum Gasteiger partial charge on any atom is 0.0716 e. The van der Waals surface area contributed by atoms with E-state index in [0.717, 1.165) is 17.5 Å². The summed E-state index contributed by atoms with van der Waals surface area (Å²) in [5.74, 6) is 0. The lowest BCUT2D eigenvalue weighted by molar-refractivity contribution is 0.500. The fourth-order valence-corrected chi connectivity index (χ4v) is 3.83. The van der Waals surface area contributed by atoms with E-state index in [9.17, 15) is 0 Å². The summed E-state index contributed by atoms with van der Waals surface area (Å²) in [5.41, 5.74) is 6.70. The smallest absolute Gasteiger partial charge is 0.0716 e. The third kappa shape index (κ3) is 2.19. The molecule has 2 aromatic rings. The highest BCUT2D eigenvalue weighted by Gasteiger charge is 2.33. The second-order valence-corrected chi connectivity index (χ2v) is 6.86. The van der Waals surface area contributed by atoms with Crippen molar-refractivity contribution in [3.63, 3.8) is 0 Å². The number of hydrogen-bond acceptors (Lipinski definition) is 1. The Balaban J connectivity index is 1.88. The number of nitrogens with zero attached hydrogens (tertiary/aromatic N) is 1. The molecule has 0 N–H and O–H groups in total. The molecule has 1 heteroatoms. The van der Waals surface area contributed by atoms with E-state index in [1.165, 1.54) is 27.5 Å². The van der Waals surface area contributed by atoms with Crippen LogP contribution in [0, 0.1) is 5.41 Å². The van der Waals surface area contributed by atoms with Crippen LogP contribution in [-0.4, -0.2) is 0 Å². The fourth-order valence-electron chi connectivity index (χ4n) is 3.83. The summed E-state index contributed by atoms with van der Waals surface area (Å²) >= 11 is 0. The molecule has 4 rings (SSSR count). The van der Waals surface area contributed by atoms with Gasteiger partial charge in [-0.1, -0.05) is 61.0 Å². The van der Waals surface area contributed by atoms with Crippen LogP contribution >= 0.6 is 0 Å². The lowest BCUT2D eigenvalue weighted by atomic mass is 9.70. The summed E-state index contributed by atoms with van der Waals surface area (Å²) in [5, 5.41) is 2.38. The predicted octanol–water partition coefficient (Wildman–Crippen LogP) is 3.95. The van der Waals surface area contributed by atoms with Crippen LogP contribution in [0.5, 0.6) is 0 Å². The van der Waals surface area contributed by atoms with Gasteiger partial charge in [0.15, 0.2) is 0 Å². The minimum Gasteiger partial charge on any atom is -0.248 e. The van der Waals surface area contributed by atoms with Gasteiger partial charge in [-0.15, -0.1) is 0 Å². The van der Waals surface area contributed by atoms with Crippen LogP contribution in [0.25, 0.3) is 5.57 Å². The zero-order valence-corrected chi connectivity index (χ0v) is 13.9. The summed E-state index contributed by atoms with van der Waals surface area (Å²) < 4.78 is 0. The van der Waals surface area contributed by atoms with E-state index >= 15 is 0 Å². The van der Waals surface area contributed by atoms with Crippen molar-refractivity contribution < 1.29 is 0 Å². The first-order chi connectivity index (χ1) is 11.1. The SMILES string of the molecule is CC1=C(C)C(C)(Cc2ccccc2)C=C2N=c3ccccc3=C21. The number of hydrogen-bond donors (Lipinski definition) is 0. The lowest BCUT2D eigenvalue weighted by Crippen LogP contribution is -2.26. The largest absolute Gasteiger partial charge is 0.248 e. The van der Waals surface area contributed by atoms with Crippen molar-refractivity contribution in [3.05, 3.63) is 93.7 Å². The predicted molar refractivity (Wildman–Crippen MR) is 95.3 cm³/mol. The van der Waals surface area contributed by atoms with Crippen LogP contribution in [-0.2, 0) is 6.42 Å². The molecular formula is C22H21N. The number of rotatable bonds is 2. The molecule has 0 aromatic heterocycles. The summed E-state index contributed by atoms with van der Waals surface area (Å²) in [4.78, 5) is 4.89. The molecule has 114 valence electrons. The molecule has 2 aliphatic rings. The Kier molecular flexibility index (Phi) is 3.12.